The van der Waals surface area contributed by atoms with Crippen molar-refractivity contribution in [3.8, 4) is 11.5 Å². The van der Waals surface area contributed by atoms with E-state index in [1.165, 1.54) is 18.2 Å². The number of benzene rings is 2. The number of nitrogens with zero attached hydrogens (tertiary/aromatic N) is 3. The van der Waals surface area contributed by atoms with Gasteiger partial charge >= 0.3 is 5.97 Å². The zero-order valence-electron chi connectivity index (χ0n) is 19.8. The number of hydrogen-bond acceptors (Lipinski definition) is 7. The second-order valence-electron chi connectivity index (χ2n) is 8.31. The molecule has 0 saturated heterocycles. The first-order chi connectivity index (χ1) is 17.0. The van der Waals surface area contributed by atoms with Crippen molar-refractivity contribution < 1.29 is 19.0 Å². The maximum absolute atomic E-state index is 13.4. The van der Waals surface area contributed by atoms with Crippen LogP contribution in [0, 0.1) is 3.57 Å². The summed E-state index contributed by atoms with van der Waals surface area (Å²) in [5.41, 5.74) is 1.26. The van der Waals surface area contributed by atoms with Crippen LogP contribution in [0.25, 0.3) is 10.9 Å². The highest BCUT2D eigenvalue weighted by Crippen LogP contribution is 2.34. The maximum atomic E-state index is 13.4. The lowest BCUT2D eigenvalue weighted by atomic mass is 9.88. The summed E-state index contributed by atoms with van der Waals surface area (Å²) in [6, 6.07) is 11.0. The predicted octanol–water partition coefficient (Wildman–Crippen LogP) is 4.88. The summed E-state index contributed by atoms with van der Waals surface area (Å²) in [6.45, 7) is 2.07. The molecule has 1 aromatic heterocycles. The van der Waals surface area contributed by atoms with Crippen LogP contribution in [0.2, 0.25) is 0 Å². The standard InChI is InChI=1S/C26H28IN3O5/c1-3-34-22-14-17(13-20(27)24(22)35-16-23(31)33-2)15-28-30-25(18-9-5-4-6-10-18)29-21-12-8-7-11-19(21)26(30)32/h7-8,11-15,18H,3-6,9-10,16H2,1-2H3. The molecule has 3 aromatic rings. The monoisotopic (exact) mass is 589 g/mol. The van der Waals surface area contributed by atoms with Gasteiger partial charge in [-0.15, -0.1) is 0 Å². The number of methoxy groups -OCH3 is 1. The third-order valence-electron chi connectivity index (χ3n) is 5.97. The summed E-state index contributed by atoms with van der Waals surface area (Å²) >= 11 is 2.12. The molecule has 0 N–H and O–H groups in total. The predicted molar refractivity (Wildman–Crippen MR) is 143 cm³/mol. The SMILES string of the molecule is CCOc1cc(C=Nn2c(C3CCCCC3)nc3ccccc3c2=O)cc(I)c1OCC(=O)OC. The smallest absolute Gasteiger partial charge is 0.343 e. The highest BCUT2D eigenvalue weighted by Gasteiger charge is 2.22. The van der Waals surface area contributed by atoms with Crippen LogP contribution < -0.4 is 15.0 Å². The molecule has 0 amide bonds. The lowest BCUT2D eigenvalue weighted by Crippen LogP contribution is -2.25. The van der Waals surface area contributed by atoms with Crippen molar-refractivity contribution in [2.24, 2.45) is 5.10 Å². The Bertz CT molecular complexity index is 1300. The van der Waals surface area contributed by atoms with Crippen molar-refractivity contribution in [2.45, 2.75) is 44.9 Å². The molecule has 0 bridgehead atoms. The summed E-state index contributed by atoms with van der Waals surface area (Å²) in [7, 11) is 1.31. The minimum absolute atomic E-state index is 0.176. The fraction of sp³-hybridized carbons (Fsp3) is 0.385. The Kier molecular flexibility index (Phi) is 8.37. The maximum Gasteiger partial charge on any atom is 0.343 e. The number of fused-ring (bicyclic) bond motifs is 1. The highest BCUT2D eigenvalue weighted by atomic mass is 127. The molecule has 1 saturated carbocycles. The van der Waals surface area contributed by atoms with E-state index < -0.39 is 5.97 Å². The molecule has 4 rings (SSSR count). The van der Waals surface area contributed by atoms with Crippen molar-refractivity contribution in [1.82, 2.24) is 9.66 Å². The van der Waals surface area contributed by atoms with Crippen molar-refractivity contribution in [3.05, 3.63) is 61.7 Å². The summed E-state index contributed by atoms with van der Waals surface area (Å²) in [6.07, 6.45) is 7.09. The summed E-state index contributed by atoms with van der Waals surface area (Å²) in [5.74, 6) is 1.38. The molecule has 0 unspecified atom stereocenters. The van der Waals surface area contributed by atoms with Gasteiger partial charge in [-0.25, -0.2) is 9.78 Å². The van der Waals surface area contributed by atoms with Crippen LogP contribution in [-0.2, 0) is 9.53 Å². The number of rotatable bonds is 8. The van der Waals surface area contributed by atoms with Gasteiger partial charge in [0.2, 0.25) is 0 Å². The number of esters is 1. The number of ether oxygens (including phenoxy) is 3. The molecule has 2 aromatic carbocycles. The van der Waals surface area contributed by atoms with Crippen LogP contribution in [0.5, 0.6) is 11.5 Å². The van der Waals surface area contributed by atoms with E-state index in [2.05, 4.69) is 32.4 Å². The van der Waals surface area contributed by atoms with Gasteiger partial charge < -0.3 is 14.2 Å². The summed E-state index contributed by atoms with van der Waals surface area (Å²) in [4.78, 5) is 29.8. The summed E-state index contributed by atoms with van der Waals surface area (Å²) in [5, 5.41) is 5.15. The molecule has 0 atom stereocenters. The molecular weight excluding hydrogens is 561 g/mol. The van der Waals surface area contributed by atoms with Gasteiger partial charge in [0, 0.05) is 5.92 Å². The van der Waals surface area contributed by atoms with Gasteiger partial charge in [0.05, 0.1) is 34.4 Å². The van der Waals surface area contributed by atoms with Crippen LogP contribution in [0.3, 0.4) is 0 Å². The molecule has 35 heavy (non-hydrogen) atoms. The van der Waals surface area contributed by atoms with Gasteiger partial charge in [-0.05, 0) is 72.2 Å². The molecule has 8 nitrogen and oxygen atoms in total. The minimum Gasteiger partial charge on any atom is -0.490 e. The second-order valence-corrected chi connectivity index (χ2v) is 9.47. The Labute approximate surface area is 217 Å². The van der Waals surface area contributed by atoms with Gasteiger partial charge in [-0.3, -0.25) is 4.79 Å². The molecule has 0 radical (unpaired) electrons. The Balaban J connectivity index is 1.74. The third kappa shape index (κ3) is 5.83. The first-order valence-electron chi connectivity index (χ1n) is 11.7. The lowest BCUT2D eigenvalue weighted by molar-refractivity contribution is -0.142. The largest absolute Gasteiger partial charge is 0.490 e. The molecular formula is C26H28IN3O5. The Morgan fingerprint density at radius 2 is 1.97 bits per heavy atom. The lowest BCUT2D eigenvalue weighted by Gasteiger charge is -2.22. The van der Waals surface area contributed by atoms with Crippen LogP contribution >= 0.6 is 22.6 Å². The molecule has 0 aliphatic heterocycles. The van der Waals surface area contributed by atoms with Crippen molar-refractivity contribution in [2.75, 3.05) is 20.3 Å². The molecule has 184 valence electrons. The normalized spacial score (nSPS) is 14.4. The van der Waals surface area contributed by atoms with Crippen LogP contribution in [-0.4, -0.2) is 42.2 Å². The van der Waals surface area contributed by atoms with E-state index in [4.69, 9.17) is 14.5 Å². The van der Waals surface area contributed by atoms with Crippen molar-refractivity contribution in [3.63, 3.8) is 0 Å². The van der Waals surface area contributed by atoms with Crippen LogP contribution in [0.1, 0.15) is 56.3 Å². The van der Waals surface area contributed by atoms with Gasteiger partial charge in [0.15, 0.2) is 18.1 Å². The number of hydrogen-bond donors (Lipinski definition) is 0. The van der Waals surface area contributed by atoms with E-state index in [0.29, 0.717) is 34.8 Å². The van der Waals surface area contributed by atoms with Gasteiger partial charge in [-0.2, -0.15) is 9.78 Å². The third-order valence-corrected chi connectivity index (χ3v) is 6.77. The zero-order chi connectivity index (χ0) is 24.8. The van der Waals surface area contributed by atoms with E-state index in [-0.39, 0.29) is 18.1 Å². The number of carbonyl (C=O) groups is 1. The topological polar surface area (TPSA) is 92.0 Å². The molecule has 1 heterocycles. The quantitative estimate of drug-likeness (QED) is 0.211. The fourth-order valence-corrected chi connectivity index (χ4v) is 5.04. The van der Waals surface area contributed by atoms with Crippen molar-refractivity contribution >= 4 is 45.7 Å². The van der Waals surface area contributed by atoms with Gasteiger partial charge in [0.25, 0.3) is 5.56 Å². The minimum atomic E-state index is -0.479. The van der Waals surface area contributed by atoms with E-state index in [0.717, 1.165) is 34.8 Å². The van der Waals surface area contributed by atoms with E-state index in [9.17, 15) is 9.59 Å². The molecule has 1 fully saturated rings. The van der Waals surface area contributed by atoms with E-state index >= 15 is 0 Å². The number of halogens is 1. The van der Waals surface area contributed by atoms with Crippen LogP contribution in [0.15, 0.2) is 46.3 Å². The highest BCUT2D eigenvalue weighted by molar-refractivity contribution is 14.1. The Morgan fingerprint density at radius 1 is 1.20 bits per heavy atom. The molecule has 9 heteroatoms. The fourth-order valence-electron chi connectivity index (χ4n) is 4.26. The molecule has 0 spiro atoms. The van der Waals surface area contributed by atoms with Gasteiger partial charge in [-0.1, -0.05) is 31.4 Å². The average Bonchev–Trinajstić information content (AvgIpc) is 2.88. The molecule has 1 aliphatic rings. The van der Waals surface area contributed by atoms with Gasteiger partial charge in [0.1, 0.15) is 5.82 Å². The van der Waals surface area contributed by atoms with E-state index in [1.54, 1.807) is 18.3 Å². The number of para-hydroxylation sites is 1. The van der Waals surface area contributed by atoms with E-state index in [1.807, 2.05) is 31.2 Å². The number of aromatic nitrogens is 2. The first-order valence-corrected chi connectivity index (χ1v) is 12.8. The Morgan fingerprint density at radius 3 is 2.71 bits per heavy atom. The van der Waals surface area contributed by atoms with Crippen LogP contribution in [0.4, 0.5) is 0 Å². The first kappa shape index (κ1) is 25.2. The summed E-state index contributed by atoms with van der Waals surface area (Å²) < 4.78 is 18.2. The zero-order valence-corrected chi connectivity index (χ0v) is 22.0. The van der Waals surface area contributed by atoms with Crippen molar-refractivity contribution in [1.29, 1.82) is 0 Å². The Hall–Kier alpha value is -2.95. The average molecular weight is 589 g/mol. The molecule has 1 aliphatic carbocycles. The second kappa shape index (κ2) is 11.7. The number of carbonyl (C=O) groups excluding carboxylic acids is 1.